The van der Waals surface area contributed by atoms with Crippen LogP contribution in [0.15, 0.2) is 0 Å². The fourth-order valence-electron chi connectivity index (χ4n) is 2.55. The van der Waals surface area contributed by atoms with E-state index in [1.165, 1.54) is 0 Å². The van der Waals surface area contributed by atoms with Crippen molar-refractivity contribution in [2.45, 2.75) is 12.1 Å². The lowest BCUT2D eigenvalue weighted by Crippen LogP contribution is -2.55. The summed E-state index contributed by atoms with van der Waals surface area (Å²) in [5, 5.41) is 9.78. The van der Waals surface area contributed by atoms with Crippen molar-refractivity contribution in [3.63, 3.8) is 0 Å². The monoisotopic (exact) mass is 296 g/mol. The lowest BCUT2D eigenvalue weighted by atomic mass is 10.1. The number of nitrogens with zero attached hydrogens (tertiary/aromatic N) is 2. The van der Waals surface area contributed by atoms with Crippen LogP contribution in [0.25, 0.3) is 0 Å². The third-order valence-electron chi connectivity index (χ3n) is 3.54. The van der Waals surface area contributed by atoms with Gasteiger partial charge in [-0.3, -0.25) is 9.69 Å². The van der Waals surface area contributed by atoms with E-state index >= 15 is 0 Å². The first kappa shape index (κ1) is 14.0. The van der Waals surface area contributed by atoms with Gasteiger partial charge in [-0.15, -0.1) is 11.6 Å². The molecule has 18 heavy (non-hydrogen) atoms. The minimum atomic E-state index is -3.12. The molecule has 8 heteroatoms. The minimum Gasteiger partial charge on any atom is -0.390 e. The lowest BCUT2D eigenvalue weighted by molar-refractivity contribution is -0.130. The van der Waals surface area contributed by atoms with Gasteiger partial charge in [0.1, 0.15) is 5.88 Å². The van der Waals surface area contributed by atoms with Gasteiger partial charge in [0.2, 0.25) is 5.91 Å². The number of aliphatic hydroxyl groups excluding tert-OH is 1. The highest BCUT2D eigenvalue weighted by molar-refractivity contribution is 7.91. The van der Waals surface area contributed by atoms with Gasteiger partial charge in [0.05, 0.1) is 23.7 Å². The molecule has 0 saturated carbocycles. The first-order valence-electron chi connectivity index (χ1n) is 5.89. The minimum absolute atomic E-state index is 0.0115. The van der Waals surface area contributed by atoms with Crippen LogP contribution < -0.4 is 0 Å². The smallest absolute Gasteiger partial charge is 0.237 e. The van der Waals surface area contributed by atoms with Crippen molar-refractivity contribution < 1.29 is 18.3 Å². The molecule has 0 aromatic rings. The molecule has 6 nitrogen and oxygen atoms in total. The summed E-state index contributed by atoms with van der Waals surface area (Å²) in [5.41, 5.74) is 0. The highest BCUT2D eigenvalue weighted by atomic mass is 35.5. The van der Waals surface area contributed by atoms with Crippen LogP contribution in [-0.4, -0.2) is 84.9 Å². The Morgan fingerprint density at radius 3 is 2.28 bits per heavy atom. The summed E-state index contributed by atoms with van der Waals surface area (Å²) in [5.74, 6) is -0.271. The molecular formula is C10H17ClN2O4S. The number of hydrogen-bond donors (Lipinski definition) is 1. The largest absolute Gasteiger partial charge is 0.390 e. The second-order valence-corrected chi connectivity index (χ2v) is 7.18. The Kier molecular flexibility index (Phi) is 4.15. The molecule has 0 bridgehead atoms. The molecule has 2 atom stereocenters. The molecule has 2 heterocycles. The van der Waals surface area contributed by atoms with E-state index in [0.717, 1.165) is 0 Å². The summed E-state index contributed by atoms with van der Waals surface area (Å²) in [6.45, 7) is 2.24. The van der Waals surface area contributed by atoms with Crippen LogP contribution in [0.3, 0.4) is 0 Å². The number of sulfone groups is 1. The van der Waals surface area contributed by atoms with E-state index in [1.807, 2.05) is 4.90 Å². The number of halogens is 1. The molecule has 1 N–H and O–H groups in total. The maximum Gasteiger partial charge on any atom is 0.237 e. The zero-order valence-corrected chi connectivity index (χ0v) is 11.5. The molecule has 2 fully saturated rings. The quantitative estimate of drug-likeness (QED) is 0.629. The Bertz CT molecular complexity index is 420. The Balaban J connectivity index is 1.92. The van der Waals surface area contributed by atoms with Crippen molar-refractivity contribution >= 4 is 27.3 Å². The van der Waals surface area contributed by atoms with E-state index in [2.05, 4.69) is 0 Å². The van der Waals surface area contributed by atoms with Gasteiger partial charge in [0.15, 0.2) is 9.84 Å². The normalized spacial score (nSPS) is 32.7. The van der Waals surface area contributed by atoms with Crippen LogP contribution in [-0.2, 0) is 14.6 Å². The standard InChI is InChI=1S/C10H17ClN2O4S/c11-5-10(15)13-3-1-12(2-4-13)8-6-18(16,17)7-9(8)14/h8-9,14H,1-7H2. The summed E-state index contributed by atoms with van der Waals surface area (Å²) < 4.78 is 22.9. The molecule has 2 saturated heterocycles. The van der Waals surface area contributed by atoms with E-state index in [9.17, 15) is 18.3 Å². The molecule has 104 valence electrons. The van der Waals surface area contributed by atoms with Crippen molar-refractivity contribution in [3.05, 3.63) is 0 Å². The number of carbonyl (C=O) groups is 1. The van der Waals surface area contributed by atoms with Gasteiger partial charge in [-0.05, 0) is 0 Å². The average molecular weight is 297 g/mol. The second-order valence-electron chi connectivity index (χ2n) is 4.76. The summed E-state index contributed by atoms with van der Waals surface area (Å²) in [7, 11) is -3.12. The fraction of sp³-hybridized carbons (Fsp3) is 0.900. The predicted molar refractivity (Wildman–Crippen MR) is 67.3 cm³/mol. The number of hydrogen-bond acceptors (Lipinski definition) is 5. The zero-order valence-electron chi connectivity index (χ0n) is 9.96. The number of aliphatic hydroxyl groups is 1. The molecule has 1 amide bonds. The molecule has 0 aromatic heterocycles. The number of alkyl halides is 1. The molecule has 0 radical (unpaired) electrons. The summed E-state index contributed by atoms with van der Waals surface area (Å²) in [4.78, 5) is 15.0. The van der Waals surface area contributed by atoms with Crippen LogP contribution >= 0.6 is 11.6 Å². The van der Waals surface area contributed by atoms with Crippen molar-refractivity contribution in [2.24, 2.45) is 0 Å². The van der Waals surface area contributed by atoms with Crippen molar-refractivity contribution in [2.75, 3.05) is 43.6 Å². The molecule has 2 aliphatic heterocycles. The SMILES string of the molecule is O=C(CCl)N1CCN(C2CS(=O)(=O)CC2O)CC1. The molecule has 2 aliphatic rings. The van der Waals surface area contributed by atoms with Crippen LogP contribution in [0.5, 0.6) is 0 Å². The maximum atomic E-state index is 11.4. The third-order valence-corrected chi connectivity index (χ3v) is 5.47. The van der Waals surface area contributed by atoms with Gasteiger partial charge in [-0.2, -0.15) is 0 Å². The van der Waals surface area contributed by atoms with Gasteiger partial charge in [0.25, 0.3) is 0 Å². The molecule has 2 unspecified atom stereocenters. The zero-order chi connectivity index (χ0) is 13.3. The molecular weight excluding hydrogens is 280 g/mol. The average Bonchev–Trinajstić information content (AvgIpc) is 2.62. The molecule has 2 rings (SSSR count). The first-order valence-corrected chi connectivity index (χ1v) is 8.25. The van der Waals surface area contributed by atoms with Crippen molar-refractivity contribution in [3.8, 4) is 0 Å². The molecule has 0 spiro atoms. The second kappa shape index (κ2) is 5.32. The number of amides is 1. The Hall–Kier alpha value is -0.370. The van der Waals surface area contributed by atoms with Gasteiger partial charge in [-0.1, -0.05) is 0 Å². The Labute approximate surface area is 111 Å². The van der Waals surface area contributed by atoms with E-state index in [4.69, 9.17) is 11.6 Å². The highest BCUT2D eigenvalue weighted by Crippen LogP contribution is 2.20. The fourth-order valence-corrected chi connectivity index (χ4v) is 4.55. The van der Waals surface area contributed by atoms with Crippen molar-refractivity contribution in [1.82, 2.24) is 9.80 Å². The van der Waals surface area contributed by atoms with E-state index in [0.29, 0.717) is 26.2 Å². The summed E-state index contributed by atoms with van der Waals surface area (Å²) >= 11 is 5.49. The Morgan fingerprint density at radius 1 is 1.22 bits per heavy atom. The van der Waals surface area contributed by atoms with E-state index < -0.39 is 15.9 Å². The van der Waals surface area contributed by atoms with E-state index in [-0.39, 0.29) is 29.3 Å². The van der Waals surface area contributed by atoms with Crippen LogP contribution in [0.4, 0.5) is 0 Å². The summed E-state index contributed by atoms with van der Waals surface area (Å²) in [6, 6.07) is -0.330. The predicted octanol–water partition coefficient (Wildman–Crippen LogP) is -1.47. The first-order chi connectivity index (χ1) is 8.43. The highest BCUT2D eigenvalue weighted by Gasteiger charge is 2.40. The Morgan fingerprint density at radius 2 is 1.83 bits per heavy atom. The van der Waals surface area contributed by atoms with Crippen LogP contribution in [0, 0.1) is 0 Å². The lowest BCUT2D eigenvalue weighted by Gasteiger charge is -2.38. The number of rotatable bonds is 2. The van der Waals surface area contributed by atoms with Gasteiger partial charge in [0, 0.05) is 26.2 Å². The van der Waals surface area contributed by atoms with Crippen LogP contribution in [0.1, 0.15) is 0 Å². The van der Waals surface area contributed by atoms with Gasteiger partial charge >= 0.3 is 0 Å². The maximum absolute atomic E-state index is 11.4. The number of carbonyl (C=O) groups excluding carboxylic acids is 1. The van der Waals surface area contributed by atoms with Crippen LogP contribution in [0.2, 0.25) is 0 Å². The molecule has 0 aliphatic carbocycles. The van der Waals surface area contributed by atoms with E-state index in [1.54, 1.807) is 4.90 Å². The van der Waals surface area contributed by atoms with Gasteiger partial charge in [-0.25, -0.2) is 8.42 Å². The molecule has 0 aromatic carbocycles. The summed E-state index contributed by atoms with van der Waals surface area (Å²) in [6.07, 6.45) is -0.815. The van der Waals surface area contributed by atoms with Crippen molar-refractivity contribution in [1.29, 1.82) is 0 Å². The topological polar surface area (TPSA) is 77.9 Å². The van der Waals surface area contributed by atoms with Gasteiger partial charge < -0.3 is 10.0 Å². The number of piperazine rings is 1. The third kappa shape index (κ3) is 2.96.